The molecule has 0 fully saturated rings. The van der Waals surface area contributed by atoms with Gasteiger partial charge in [0.05, 0.1) is 12.9 Å². The Labute approximate surface area is 157 Å². The first-order valence-corrected chi connectivity index (χ1v) is 9.65. The van der Waals surface area contributed by atoms with E-state index in [1.807, 2.05) is 0 Å². The molecular weight excluding hydrogens is 370 g/mol. The monoisotopic (exact) mass is 387 g/mol. The van der Waals surface area contributed by atoms with Gasteiger partial charge in [-0.25, -0.2) is 4.79 Å². The van der Waals surface area contributed by atoms with Crippen molar-refractivity contribution in [3.8, 4) is 17.6 Å². The fraction of sp³-hybridized carbons (Fsp3) is 0.158. The van der Waals surface area contributed by atoms with Crippen LogP contribution < -0.4 is 8.92 Å². The van der Waals surface area contributed by atoms with Gasteiger partial charge < -0.3 is 14.0 Å². The number of hydrogen-bond acceptors (Lipinski definition) is 6. The number of carboxylic acids is 1. The average Bonchev–Trinajstić information content (AvgIpc) is 2.61. The van der Waals surface area contributed by atoms with Crippen molar-refractivity contribution in [3.63, 3.8) is 0 Å². The Morgan fingerprint density at radius 1 is 1.11 bits per heavy atom. The quantitative estimate of drug-likeness (QED) is 0.421. The van der Waals surface area contributed by atoms with Crippen molar-refractivity contribution in [2.75, 3.05) is 12.9 Å². The van der Waals surface area contributed by atoms with E-state index in [2.05, 4.69) is 0 Å². The number of rotatable bonds is 8. The summed E-state index contributed by atoms with van der Waals surface area (Å²) >= 11 is 0. The fourth-order valence-corrected chi connectivity index (χ4v) is 2.60. The Kier molecular flexibility index (Phi) is 6.57. The zero-order valence-electron chi connectivity index (χ0n) is 14.5. The number of nitrogens with zero attached hydrogens (tertiary/aromatic N) is 1. The number of benzene rings is 2. The summed E-state index contributed by atoms with van der Waals surface area (Å²) in [5.74, 6) is -0.410. The van der Waals surface area contributed by atoms with Crippen molar-refractivity contribution in [3.05, 3.63) is 65.2 Å². The highest BCUT2D eigenvalue weighted by Gasteiger charge is 2.06. The molecule has 0 aromatic heterocycles. The van der Waals surface area contributed by atoms with Gasteiger partial charge >= 0.3 is 16.1 Å². The summed E-state index contributed by atoms with van der Waals surface area (Å²) in [5.41, 5.74) is 1.20. The van der Waals surface area contributed by atoms with E-state index in [4.69, 9.17) is 19.3 Å². The number of carboxylic acid groups (broad SMARTS) is 1. The number of hydrogen-bond donors (Lipinski definition) is 1. The van der Waals surface area contributed by atoms with Gasteiger partial charge in [-0.05, 0) is 41.5 Å². The second-order valence-corrected chi connectivity index (χ2v) is 7.15. The summed E-state index contributed by atoms with van der Waals surface area (Å²) in [7, 11) is -3.54. The highest BCUT2D eigenvalue weighted by molar-refractivity contribution is 7.86. The van der Waals surface area contributed by atoms with E-state index in [1.54, 1.807) is 54.6 Å². The predicted molar refractivity (Wildman–Crippen MR) is 98.8 cm³/mol. The summed E-state index contributed by atoms with van der Waals surface area (Å²) < 4.78 is 32.5. The van der Waals surface area contributed by atoms with Crippen LogP contribution in [0, 0.1) is 11.3 Å². The lowest BCUT2D eigenvalue weighted by atomic mass is 10.1. The van der Waals surface area contributed by atoms with Crippen LogP contribution >= 0.6 is 0 Å². The molecule has 8 heteroatoms. The first-order valence-electron chi connectivity index (χ1n) is 7.83. The van der Waals surface area contributed by atoms with Crippen molar-refractivity contribution in [2.24, 2.45) is 0 Å². The Bertz CT molecular complexity index is 970. The third kappa shape index (κ3) is 6.84. The van der Waals surface area contributed by atoms with E-state index in [0.29, 0.717) is 24.3 Å². The molecule has 0 unspecified atom stereocenters. The van der Waals surface area contributed by atoms with Crippen LogP contribution in [0.5, 0.6) is 11.5 Å². The molecule has 0 radical (unpaired) electrons. The number of aliphatic carboxylic acids is 1. The summed E-state index contributed by atoms with van der Waals surface area (Å²) in [4.78, 5) is 10.8. The highest BCUT2D eigenvalue weighted by atomic mass is 32.2. The van der Waals surface area contributed by atoms with Crippen molar-refractivity contribution in [1.82, 2.24) is 0 Å². The van der Waals surface area contributed by atoms with Gasteiger partial charge in [0.1, 0.15) is 23.1 Å². The van der Waals surface area contributed by atoms with E-state index in [1.165, 1.54) is 6.08 Å². The van der Waals surface area contributed by atoms with E-state index >= 15 is 0 Å². The number of nitriles is 1. The molecule has 0 spiro atoms. The summed E-state index contributed by atoms with van der Waals surface area (Å²) in [6, 6.07) is 15.0. The van der Waals surface area contributed by atoms with Crippen LogP contribution in [0.3, 0.4) is 0 Å². The highest BCUT2D eigenvalue weighted by Crippen LogP contribution is 2.17. The Morgan fingerprint density at radius 2 is 1.70 bits per heavy atom. The minimum atomic E-state index is -3.54. The molecule has 0 aliphatic rings. The second kappa shape index (κ2) is 8.87. The van der Waals surface area contributed by atoms with Crippen molar-refractivity contribution in [2.45, 2.75) is 6.42 Å². The van der Waals surface area contributed by atoms with E-state index in [9.17, 15) is 13.2 Å². The molecule has 1 N–H and O–H groups in total. The van der Waals surface area contributed by atoms with Gasteiger partial charge in [-0.1, -0.05) is 24.3 Å². The van der Waals surface area contributed by atoms with Crippen LogP contribution in [0.15, 0.2) is 54.1 Å². The van der Waals surface area contributed by atoms with Crippen molar-refractivity contribution < 1.29 is 27.2 Å². The summed E-state index contributed by atoms with van der Waals surface area (Å²) in [6.07, 6.45) is 2.88. The lowest BCUT2D eigenvalue weighted by molar-refractivity contribution is -0.132. The summed E-state index contributed by atoms with van der Waals surface area (Å²) in [5, 5.41) is 17.6. The number of carbonyl (C=O) groups is 1. The van der Waals surface area contributed by atoms with E-state index in [0.717, 1.165) is 11.8 Å². The minimum absolute atomic E-state index is 0.254. The van der Waals surface area contributed by atoms with Gasteiger partial charge in [0, 0.05) is 6.42 Å². The molecular formula is C19H17NO6S. The van der Waals surface area contributed by atoms with Gasteiger partial charge in [0.25, 0.3) is 0 Å². The second-order valence-electron chi connectivity index (χ2n) is 5.57. The molecule has 0 heterocycles. The lowest BCUT2D eigenvalue weighted by Gasteiger charge is -2.07. The molecule has 7 nitrogen and oxygen atoms in total. The van der Waals surface area contributed by atoms with Crippen LogP contribution in [0.4, 0.5) is 0 Å². The topological polar surface area (TPSA) is 114 Å². The Morgan fingerprint density at radius 3 is 2.22 bits per heavy atom. The first-order chi connectivity index (χ1) is 12.8. The Balaban J connectivity index is 1.89. The van der Waals surface area contributed by atoms with Crippen LogP contribution in [0.25, 0.3) is 6.08 Å². The molecule has 0 amide bonds. The molecule has 0 bridgehead atoms. The molecule has 2 aromatic rings. The molecule has 2 rings (SSSR count). The average molecular weight is 387 g/mol. The maximum atomic E-state index is 11.1. The molecule has 0 atom stereocenters. The summed E-state index contributed by atoms with van der Waals surface area (Å²) in [6.45, 7) is 0.403. The van der Waals surface area contributed by atoms with Crippen molar-refractivity contribution >= 4 is 22.2 Å². The van der Waals surface area contributed by atoms with Gasteiger partial charge in [-0.15, -0.1) is 0 Å². The molecule has 0 aliphatic carbocycles. The zero-order chi connectivity index (χ0) is 19.9. The normalized spacial score (nSPS) is 11.5. The standard InChI is InChI=1S/C19H17NO6S/c1-27(23,24)26-18-8-2-14(3-9-18)10-11-25-17-6-4-15(5-7-17)12-16(13-20)19(21)22/h2-9,12H,10-11H2,1H3,(H,21,22). The van der Waals surface area contributed by atoms with Gasteiger partial charge in [0.2, 0.25) is 0 Å². The lowest BCUT2D eigenvalue weighted by Crippen LogP contribution is -2.06. The van der Waals surface area contributed by atoms with Crippen LogP contribution in [-0.4, -0.2) is 32.4 Å². The van der Waals surface area contributed by atoms with Gasteiger partial charge in [0.15, 0.2) is 0 Å². The Hall–Kier alpha value is -3.31. The molecule has 0 saturated carbocycles. The van der Waals surface area contributed by atoms with Gasteiger partial charge in [-0.2, -0.15) is 13.7 Å². The predicted octanol–water partition coefficient (Wildman–Crippen LogP) is 2.64. The SMILES string of the molecule is CS(=O)(=O)Oc1ccc(CCOc2ccc(C=C(C#N)C(=O)O)cc2)cc1. The largest absolute Gasteiger partial charge is 0.493 e. The molecule has 27 heavy (non-hydrogen) atoms. The maximum absolute atomic E-state index is 11.1. The number of ether oxygens (including phenoxy) is 1. The molecule has 0 aliphatic heterocycles. The molecule has 0 saturated heterocycles. The minimum Gasteiger partial charge on any atom is -0.493 e. The first kappa shape index (κ1) is 20.0. The van der Waals surface area contributed by atoms with E-state index < -0.39 is 16.1 Å². The smallest absolute Gasteiger partial charge is 0.346 e. The molecule has 2 aromatic carbocycles. The van der Waals surface area contributed by atoms with Crippen LogP contribution in [-0.2, 0) is 21.3 Å². The van der Waals surface area contributed by atoms with Crippen molar-refractivity contribution in [1.29, 1.82) is 5.26 Å². The third-order valence-corrected chi connectivity index (χ3v) is 3.87. The van der Waals surface area contributed by atoms with Crippen LogP contribution in [0.2, 0.25) is 0 Å². The van der Waals surface area contributed by atoms with E-state index in [-0.39, 0.29) is 11.3 Å². The molecule has 140 valence electrons. The maximum Gasteiger partial charge on any atom is 0.346 e. The van der Waals surface area contributed by atoms with Gasteiger partial charge in [-0.3, -0.25) is 0 Å². The van der Waals surface area contributed by atoms with Crippen LogP contribution in [0.1, 0.15) is 11.1 Å². The fourth-order valence-electron chi connectivity index (χ4n) is 2.14. The zero-order valence-corrected chi connectivity index (χ0v) is 15.3. The third-order valence-electron chi connectivity index (χ3n) is 3.37.